The SMILES string of the molecule is Cc1cccc(C)c1C(=O)N1CCC[C@H](C(=O)Nc2cccc(C(C)C)c2)[C@@H]1c1ccccc1. The monoisotopic (exact) mass is 454 g/mol. The molecule has 0 aliphatic carbocycles. The van der Waals surface area contributed by atoms with E-state index in [1.165, 1.54) is 5.56 Å². The van der Waals surface area contributed by atoms with Crippen LogP contribution in [0.1, 0.15) is 71.3 Å². The van der Waals surface area contributed by atoms with E-state index in [0.29, 0.717) is 12.5 Å². The van der Waals surface area contributed by atoms with Crippen LogP contribution < -0.4 is 5.32 Å². The lowest BCUT2D eigenvalue weighted by molar-refractivity contribution is -0.123. The van der Waals surface area contributed by atoms with Gasteiger partial charge >= 0.3 is 0 Å². The number of hydrogen-bond donors (Lipinski definition) is 1. The molecular formula is C30H34N2O2. The maximum absolute atomic E-state index is 13.9. The van der Waals surface area contributed by atoms with Crippen LogP contribution in [0.5, 0.6) is 0 Å². The minimum absolute atomic E-state index is 0.00348. The van der Waals surface area contributed by atoms with Crippen LogP contribution in [0.4, 0.5) is 5.69 Å². The van der Waals surface area contributed by atoms with Crippen molar-refractivity contribution in [1.29, 1.82) is 0 Å². The van der Waals surface area contributed by atoms with E-state index in [2.05, 4.69) is 25.2 Å². The number of aryl methyl sites for hydroxylation is 2. The summed E-state index contributed by atoms with van der Waals surface area (Å²) in [6.45, 7) is 8.88. The Hall–Kier alpha value is -3.40. The topological polar surface area (TPSA) is 49.4 Å². The second-order valence-electron chi connectivity index (χ2n) is 9.64. The molecule has 1 heterocycles. The fourth-order valence-electron chi connectivity index (χ4n) is 5.07. The lowest BCUT2D eigenvalue weighted by Crippen LogP contribution is -2.46. The molecule has 4 rings (SSSR count). The molecule has 0 radical (unpaired) electrons. The standard InChI is InChI=1S/C30H34N2O2/c1-20(2)24-15-9-16-25(19-24)31-29(33)26-17-10-18-32(28(26)23-13-6-5-7-14-23)30(34)27-21(3)11-8-12-22(27)4/h5-9,11-16,19-20,26,28H,10,17-18H2,1-4H3,(H,31,33)/t26-,28-/m0/s1. The van der Waals surface area contributed by atoms with Gasteiger partial charge in [0.15, 0.2) is 0 Å². The first-order valence-electron chi connectivity index (χ1n) is 12.2. The summed E-state index contributed by atoms with van der Waals surface area (Å²) in [5.74, 6) is 0.0266. The molecule has 1 aliphatic heterocycles. The van der Waals surface area contributed by atoms with Crippen molar-refractivity contribution in [2.45, 2.75) is 52.5 Å². The lowest BCUT2D eigenvalue weighted by atomic mass is 9.83. The number of anilines is 1. The van der Waals surface area contributed by atoms with Crippen LogP contribution in [0.3, 0.4) is 0 Å². The highest BCUT2D eigenvalue weighted by Crippen LogP contribution is 2.38. The second kappa shape index (κ2) is 10.3. The predicted octanol–water partition coefficient (Wildman–Crippen LogP) is 6.66. The number of hydrogen-bond acceptors (Lipinski definition) is 2. The predicted molar refractivity (Wildman–Crippen MR) is 138 cm³/mol. The van der Waals surface area contributed by atoms with E-state index in [1.807, 2.05) is 85.5 Å². The molecule has 3 aromatic rings. The average Bonchev–Trinajstić information content (AvgIpc) is 2.84. The number of nitrogens with zero attached hydrogens (tertiary/aromatic N) is 1. The Morgan fingerprint density at radius 1 is 0.912 bits per heavy atom. The quantitative estimate of drug-likeness (QED) is 0.469. The highest BCUT2D eigenvalue weighted by molar-refractivity contribution is 5.99. The van der Waals surface area contributed by atoms with Crippen LogP contribution in [0.25, 0.3) is 0 Å². The number of amides is 2. The van der Waals surface area contributed by atoms with Crippen molar-refractivity contribution < 1.29 is 9.59 Å². The van der Waals surface area contributed by atoms with E-state index < -0.39 is 0 Å². The summed E-state index contributed by atoms with van der Waals surface area (Å²) >= 11 is 0. The van der Waals surface area contributed by atoms with Crippen molar-refractivity contribution in [2.75, 3.05) is 11.9 Å². The zero-order valence-corrected chi connectivity index (χ0v) is 20.5. The van der Waals surface area contributed by atoms with E-state index in [1.54, 1.807) is 0 Å². The van der Waals surface area contributed by atoms with Gasteiger partial charge in [0.2, 0.25) is 5.91 Å². The Kier molecular flexibility index (Phi) is 7.16. The van der Waals surface area contributed by atoms with Crippen molar-refractivity contribution >= 4 is 17.5 Å². The Labute approximate surface area is 203 Å². The van der Waals surface area contributed by atoms with Crippen LogP contribution in [-0.2, 0) is 4.79 Å². The molecule has 1 N–H and O–H groups in total. The van der Waals surface area contributed by atoms with Gasteiger partial charge in [0.1, 0.15) is 0 Å². The summed E-state index contributed by atoms with van der Waals surface area (Å²) in [7, 11) is 0. The van der Waals surface area contributed by atoms with Crippen LogP contribution in [0.15, 0.2) is 72.8 Å². The van der Waals surface area contributed by atoms with E-state index in [9.17, 15) is 9.59 Å². The summed E-state index contributed by atoms with van der Waals surface area (Å²) < 4.78 is 0. The number of nitrogens with one attached hydrogen (secondary N) is 1. The van der Waals surface area contributed by atoms with Crippen molar-refractivity contribution in [3.8, 4) is 0 Å². The van der Waals surface area contributed by atoms with Gasteiger partial charge in [-0.2, -0.15) is 0 Å². The van der Waals surface area contributed by atoms with Gasteiger partial charge in [-0.3, -0.25) is 9.59 Å². The second-order valence-corrected chi connectivity index (χ2v) is 9.64. The van der Waals surface area contributed by atoms with Gasteiger partial charge in [-0.25, -0.2) is 0 Å². The molecule has 1 fully saturated rings. The molecule has 4 nitrogen and oxygen atoms in total. The first kappa shape index (κ1) is 23.7. The molecule has 34 heavy (non-hydrogen) atoms. The van der Waals surface area contributed by atoms with Crippen molar-refractivity contribution in [3.63, 3.8) is 0 Å². The third-order valence-electron chi connectivity index (χ3n) is 6.89. The Morgan fingerprint density at radius 3 is 2.26 bits per heavy atom. The Bertz CT molecular complexity index is 1150. The van der Waals surface area contributed by atoms with Gasteiger partial charge in [-0.15, -0.1) is 0 Å². The number of benzene rings is 3. The summed E-state index contributed by atoms with van der Waals surface area (Å²) in [6, 6.07) is 23.7. The summed E-state index contributed by atoms with van der Waals surface area (Å²) in [5, 5.41) is 3.15. The largest absolute Gasteiger partial charge is 0.331 e. The van der Waals surface area contributed by atoms with Gasteiger partial charge in [-0.05, 0) is 67.0 Å². The van der Waals surface area contributed by atoms with Crippen molar-refractivity contribution in [2.24, 2.45) is 5.92 Å². The highest BCUT2D eigenvalue weighted by atomic mass is 16.2. The van der Waals surface area contributed by atoms with Gasteiger partial charge in [-0.1, -0.05) is 74.5 Å². The van der Waals surface area contributed by atoms with Crippen LogP contribution in [-0.4, -0.2) is 23.3 Å². The minimum atomic E-state index is -0.327. The van der Waals surface area contributed by atoms with Gasteiger partial charge < -0.3 is 10.2 Å². The zero-order valence-electron chi connectivity index (χ0n) is 20.5. The molecule has 176 valence electrons. The third kappa shape index (κ3) is 4.91. The molecule has 1 saturated heterocycles. The molecular weight excluding hydrogens is 420 g/mol. The number of carbonyl (C=O) groups excluding carboxylic acids is 2. The summed E-state index contributed by atoms with van der Waals surface area (Å²) in [5.41, 5.74) is 5.67. The first-order chi connectivity index (χ1) is 16.4. The highest BCUT2D eigenvalue weighted by Gasteiger charge is 2.40. The molecule has 0 bridgehead atoms. The smallest absolute Gasteiger partial charge is 0.254 e. The molecule has 3 aromatic carbocycles. The van der Waals surface area contributed by atoms with Gasteiger partial charge in [0, 0.05) is 17.8 Å². The van der Waals surface area contributed by atoms with Crippen molar-refractivity contribution in [3.05, 3.63) is 101 Å². The zero-order chi connectivity index (χ0) is 24.2. The van der Waals surface area contributed by atoms with E-state index in [4.69, 9.17) is 0 Å². The van der Waals surface area contributed by atoms with Crippen molar-refractivity contribution in [1.82, 2.24) is 4.90 Å². The molecule has 0 saturated carbocycles. The summed E-state index contributed by atoms with van der Waals surface area (Å²) in [6.07, 6.45) is 1.54. The fraction of sp³-hybridized carbons (Fsp3) is 0.333. The summed E-state index contributed by atoms with van der Waals surface area (Å²) in [4.78, 5) is 29.4. The number of carbonyl (C=O) groups is 2. The van der Waals surface area contributed by atoms with Gasteiger partial charge in [0.25, 0.3) is 5.91 Å². The molecule has 2 atom stereocenters. The minimum Gasteiger partial charge on any atom is -0.331 e. The number of rotatable bonds is 5. The normalized spacial score (nSPS) is 18.1. The molecule has 4 heteroatoms. The lowest BCUT2D eigenvalue weighted by Gasteiger charge is -2.41. The molecule has 2 amide bonds. The van der Waals surface area contributed by atoms with E-state index in [0.717, 1.165) is 40.8 Å². The van der Waals surface area contributed by atoms with Crippen LogP contribution in [0, 0.1) is 19.8 Å². The molecule has 0 aromatic heterocycles. The van der Waals surface area contributed by atoms with Crippen LogP contribution in [0.2, 0.25) is 0 Å². The Balaban J connectivity index is 1.68. The van der Waals surface area contributed by atoms with E-state index in [-0.39, 0.29) is 23.8 Å². The Morgan fingerprint density at radius 2 is 1.59 bits per heavy atom. The van der Waals surface area contributed by atoms with Gasteiger partial charge in [0.05, 0.1) is 12.0 Å². The third-order valence-corrected chi connectivity index (χ3v) is 6.89. The number of piperidine rings is 1. The van der Waals surface area contributed by atoms with E-state index >= 15 is 0 Å². The first-order valence-corrected chi connectivity index (χ1v) is 12.2. The molecule has 0 unspecified atom stereocenters. The molecule has 1 aliphatic rings. The maximum atomic E-state index is 13.9. The maximum Gasteiger partial charge on any atom is 0.254 e. The van der Waals surface area contributed by atoms with Crippen LogP contribution >= 0.6 is 0 Å². The fourth-order valence-corrected chi connectivity index (χ4v) is 5.07. The number of likely N-dealkylation sites (tertiary alicyclic amines) is 1. The molecule has 0 spiro atoms. The average molecular weight is 455 g/mol.